The Morgan fingerprint density at radius 3 is 2.80 bits per heavy atom. The summed E-state index contributed by atoms with van der Waals surface area (Å²) in [7, 11) is 0. The maximum atomic E-state index is 11.4. The second-order valence-electron chi connectivity index (χ2n) is 7.01. The molecule has 0 amide bonds. The van der Waals surface area contributed by atoms with Crippen LogP contribution in [0.2, 0.25) is 0 Å². The largest absolute Gasteiger partial charge is 0.545 e. The Morgan fingerprint density at radius 2 is 2.10 bits per heavy atom. The minimum absolute atomic E-state index is 0.0108. The predicted octanol–water partition coefficient (Wildman–Crippen LogP) is 2.56. The first-order valence-electron chi connectivity index (χ1n) is 7.52. The fraction of sp³-hybridized carbons (Fsp3) is 0.588. The summed E-state index contributed by atoms with van der Waals surface area (Å²) in [6.07, 6.45) is 3.59. The third-order valence-electron chi connectivity index (χ3n) is 5.35. The average Bonchev–Trinajstić information content (AvgIpc) is 2.37. The first kappa shape index (κ1) is 13.5. The highest BCUT2D eigenvalue weighted by atomic mass is 16.4. The van der Waals surface area contributed by atoms with Crippen LogP contribution in [0.1, 0.15) is 56.0 Å². The van der Waals surface area contributed by atoms with Gasteiger partial charge >= 0.3 is 0 Å². The van der Waals surface area contributed by atoms with Crippen LogP contribution in [0.4, 0.5) is 5.69 Å². The van der Waals surface area contributed by atoms with Gasteiger partial charge in [-0.2, -0.15) is 0 Å². The van der Waals surface area contributed by atoms with Crippen molar-refractivity contribution in [2.45, 2.75) is 51.5 Å². The maximum Gasteiger partial charge on any atom is 0.0736 e. The average molecular weight is 272 g/mol. The lowest BCUT2D eigenvalue weighted by molar-refractivity contribution is -0.254. The Labute approximate surface area is 120 Å². The van der Waals surface area contributed by atoms with Crippen molar-refractivity contribution < 1.29 is 9.90 Å². The molecule has 1 aromatic rings. The number of fused-ring (bicyclic) bond motifs is 2. The monoisotopic (exact) mass is 272 g/mol. The lowest BCUT2D eigenvalue weighted by atomic mass is 9.61. The van der Waals surface area contributed by atoms with Crippen molar-refractivity contribution in [3.63, 3.8) is 0 Å². The molecule has 0 aromatic heterocycles. The van der Waals surface area contributed by atoms with Crippen molar-refractivity contribution in [1.29, 1.82) is 0 Å². The normalized spacial score (nSPS) is 30.9. The van der Waals surface area contributed by atoms with E-state index < -0.39 is 5.97 Å². The van der Waals surface area contributed by atoms with Crippen molar-refractivity contribution in [3.8, 4) is 0 Å². The Hall–Kier alpha value is -1.51. The van der Waals surface area contributed by atoms with E-state index in [0.717, 1.165) is 17.7 Å². The standard InChI is InChI=1S/C17H23NO2/c1-10-7-8-12-14(9-10)18-15-11(16(19)20)5-4-6-13(15)17(12,2)3/h4-6,10,12,14,18H,7-9H2,1-3H3,(H,19,20)/p-1/t10-,12+,14+/m1/s1. The maximum absolute atomic E-state index is 11.4. The molecule has 3 nitrogen and oxygen atoms in total. The molecule has 0 radical (unpaired) electrons. The summed E-state index contributed by atoms with van der Waals surface area (Å²) in [5.74, 6) is 0.187. The van der Waals surface area contributed by atoms with E-state index in [1.807, 2.05) is 6.07 Å². The van der Waals surface area contributed by atoms with Crippen molar-refractivity contribution in [2.75, 3.05) is 5.32 Å². The lowest BCUT2D eigenvalue weighted by Crippen LogP contribution is -2.49. The number of hydrogen-bond acceptors (Lipinski definition) is 3. The fourth-order valence-electron chi connectivity index (χ4n) is 4.20. The zero-order valence-corrected chi connectivity index (χ0v) is 12.4. The zero-order valence-electron chi connectivity index (χ0n) is 12.4. The van der Waals surface area contributed by atoms with Crippen molar-refractivity contribution in [3.05, 3.63) is 29.3 Å². The number of aromatic carboxylic acids is 1. The third-order valence-corrected chi connectivity index (χ3v) is 5.35. The number of carbonyl (C=O) groups excluding carboxylic acids is 1. The van der Waals surface area contributed by atoms with Gasteiger partial charge in [0, 0.05) is 17.3 Å². The Morgan fingerprint density at radius 1 is 1.35 bits per heavy atom. The summed E-state index contributed by atoms with van der Waals surface area (Å²) in [4.78, 5) is 11.4. The van der Waals surface area contributed by atoms with Gasteiger partial charge < -0.3 is 15.2 Å². The van der Waals surface area contributed by atoms with Gasteiger partial charge in [-0.3, -0.25) is 0 Å². The smallest absolute Gasteiger partial charge is 0.0736 e. The molecule has 20 heavy (non-hydrogen) atoms. The summed E-state index contributed by atoms with van der Waals surface area (Å²) in [5.41, 5.74) is 2.21. The number of carbonyl (C=O) groups is 1. The van der Waals surface area contributed by atoms with Crippen LogP contribution in [0.5, 0.6) is 0 Å². The first-order valence-corrected chi connectivity index (χ1v) is 7.52. The van der Waals surface area contributed by atoms with Crippen LogP contribution in [-0.2, 0) is 5.41 Å². The van der Waals surface area contributed by atoms with E-state index in [-0.39, 0.29) is 5.41 Å². The van der Waals surface area contributed by atoms with Gasteiger partial charge in [-0.25, -0.2) is 0 Å². The van der Waals surface area contributed by atoms with E-state index in [1.54, 1.807) is 6.07 Å². The fourth-order valence-corrected chi connectivity index (χ4v) is 4.20. The third kappa shape index (κ3) is 1.91. The van der Waals surface area contributed by atoms with Gasteiger partial charge in [-0.1, -0.05) is 45.4 Å². The molecule has 3 heteroatoms. The molecule has 1 N–H and O–H groups in total. The SMILES string of the molecule is C[C@@H]1CC[C@H]2[C@H](C1)Nc1c(C(=O)[O-])cccc1C2(C)C. The number of nitrogens with one attached hydrogen (secondary N) is 1. The highest BCUT2D eigenvalue weighted by Gasteiger charge is 2.44. The molecule has 3 rings (SSSR count). The summed E-state index contributed by atoms with van der Waals surface area (Å²) in [6, 6.07) is 5.91. The summed E-state index contributed by atoms with van der Waals surface area (Å²) < 4.78 is 0. The molecule has 0 bridgehead atoms. The van der Waals surface area contributed by atoms with Gasteiger partial charge in [0.1, 0.15) is 0 Å². The first-order chi connectivity index (χ1) is 9.41. The minimum atomic E-state index is -1.09. The van der Waals surface area contributed by atoms with Gasteiger partial charge in [0.15, 0.2) is 0 Å². The number of carboxylic acid groups (broad SMARTS) is 1. The number of hydrogen-bond donors (Lipinski definition) is 1. The molecular weight excluding hydrogens is 250 g/mol. The molecule has 0 spiro atoms. The van der Waals surface area contributed by atoms with E-state index in [9.17, 15) is 9.90 Å². The molecule has 3 atom stereocenters. The highest BCUT2D eigenvalue weighted by Crippen LogP contribution is 2.49. The van der Waals surface area contributed by atoms with Crippen molar-refractivity contribution >= 4 is 11.7 Å². The summed E-state index contributed by atoms with van der Waals surface area (Å²) in [6.45, 7) is 6.78. The number of benzene rings is 1. The number of para-hydroxylation sites is 1. The number of rotatable bonds is 1. The lowest BCUT2D eigenvalue weighted by Gasteiger charge is -2.50. The van der Waals surface area contributed by atoms with Gasteiger partial charge in [-0.15, -0.1) is 0 Å². The van der Waals surface area contributed by atoms with Crippen LogP contribution in [-0.4, -0.2) is 12.0 Å². The molecule has 2 aliphatic rings. The molecule has 1 aliphatic carbocycles. The summed E-state index contributed by atoms with van der Waals surface area (Å²) in [5, 5.41) is 14.9. The van der Waals surface area contributed by atoms with E-state index in [4.69, 9.17) is 0 Å². The van der Waals surface area contributed by atoms with Gasteiger partial charge in [0.2, 0.25) is 0 Å². The quantitative estimate of drug-likeness (QED) is 0.855. The minimum Gasteiger partial charge on any atom is -0.545 e. The molecule has 0 saturated heterocycles. The molecular formula is C17H22NO2-. The summed E-state index contributed by atoms with van der Waals surface area (Å²) >= 11 is 0. The number of anilines is 1. The zero-order chi connectivity index (χ0) is 14.5. The topological polar surface area (TPSA) is 52.2 Å². The molecule has 1 aromatic carbocycles. The number of carboxylic acids is 1. The molecule has 0 unspecified atom stereocenters. The Bertz CT molecular complexity index is 550. The van der Waals surface area contributed by atoms with Crippen molar-refractivity contribution in [2.24, 2.45) is 11.8 Å². The van der Waals surface area contributed by atoms with E-state index in [1.165, 1.54) is 12.8 Å². The predicted molar refractivity (Wildman–Crippen MR) is 77.7 cm³/mol. The van der Waals surface area contributed by atoms with Gasteiger partial charge in [0.05, 0.1) is 5.97 Å². The molecule has 1 saturated carbocycles. The van der Waals surface area contributed by atoms with E-state index in [0.29, 0.717) is 23.4 Å². The molecule has 1 heterocycles. The Balaban J connectivity index is 2.11. The molecule has 1 fully saturated rings. The van der Waals surface area contributed by atoms with Crippen LogP contribution in [0.3, 0.4) is 0 Å². The Kier molecular flexibility index (Phi) is 3.03. The van der Waals surface area contributed by atoms with E-state index >= 15 is 0 Å². The molecule has 108 valence electrons. The van der Waals surface area contributed by atoms with Crippen LogP contribution < -0.4 is 10.4 Å². The van der Waals surface area contributed by atoms with Gasteiger partial charge in [-0.05, 0) is 35.7 Å². The second kappa shape index (κ2) is 4.51. The second-order valence-corrected chi connectivity index (χ2v) is 7.01. The van der Waals surface area contributed by atoms with Crippen molar-refractivity contribution in [1.82, 2.24) is 0 Å². The van der Waals surface area contributed by atoms with E-state index in [2.05, 4.69) is 32.2 Å². The molecule has 1 aliphatic heterocycles. The highest BCUT2D eigenvalue weighted by molar-refractivity contribution is 5.94. The van der Waals surface area contributed by atoms with Crippen LogP contribution in [0, 0.1) is 11.8 Å². The van der Waals surface area contributed by atoms with Crippen LogP contribution >= 0.6 is 0 Å². The van der Waals surface area contributed by atoms with Crippen LogP contribution in [0.25, 0.3) is 0 Å². The van der Waals surface area contributed by atoms with Crippen LogP contribution in [0.15, 0.2) is 18.2 Å². The van der Waals surface area contributed by atoms with Gasteiger partial charge in [0.25, 0.3) is 0 Å².